The lowest BCUT2D eigenvalue weighted by atomic mass is 10.3. The predicted molar refractivity (Wildman–Crippen MR) is 34.6 cm³/mol. The van der Waals surface area contributed by atoms with E-state index in [-0.39, 0.29) is 6.08 Å². The van der Waals surface area contributed by atoms with Gasteiger partial charge in [0.2, 0.25) is 0 Å². The molecule has 0 bridgehead atoms. The third-order valence-electron chi connectivity index (χ3n) is 0.991. The van der Waals surface area contributed by atoms with Crippen molar-refractivity contribution in [3.63, 3.8) is 0 Å². The van der Waals surface area contributed by atoms with Crippen LogP contribution in [0.15, 0.2) is 23.8 Å². The standard InChI is InChI=1S/C7H9F3/c1-3-6(2)4-5-7(8,9)10/h3-5H,1-2H3/b5-4+,6-3+. The molecule has 0 atom stereocenters. The van der Waals surface area contributed by atoms with Gasteiger partial charge in [0.15, 0.2) is 0 Å². The van der Waals surface area contributed by atoms with Crippen LogP contribution in [-0.4, -0.2) is 6.18 Å². The zero-order valence-electron chi connectivity index (χ0n) is 5.87. The molecular formula is C7H9F3. The van der Waals surface area contributed by atoms with Gasteiger partial charge in [0.05, 0.1) is 0 Å². The van der Waals surface area contributed by atoms with Crippen LogP contribution in [0, 0.1) is 0 Å². The van der Waals surface area contributed by atoms with E-state index >= 15 is 0 Å². The fourth-order valence-corrected chi connectivity index (χ4v) is 0.322. The molecule has 0 fully saturated rings. The molecule has 0 radical (unpaired) electrons. The van der Waals surface area contributed by atoms with Gasteiger partial charge in [-0.05, 0) is 13.8 Å². The summed E-state index contributed by atoms with van der Waals surface area (Å²) >= 11 is 0. The maximum absolute atomic E-state index is 11.4. The quantitative estimate of drug-likeness (QED) is 0.504. The first kappa shape index (κ1) is 9.27. The van der Waals surface area contributed by atoms with Crippen molar-refractivity contribution in [3.8, 4) is 0 Å². The minimum Gasteiger partial charge on any atom is -0.167 e. The molecule has 0 aromatic carbocycles. The van der Waals surface area contributed by atoms with E-state index in [2.05, 4.69) is 0 Å². The molecule has 0 aliphatic carbocycles. The highest BCUT2D eigenvalue weighted by atomic mass is 19.4. The molecular weight excluding hydrogens is 141 g/mol. The molecule has 0 aliphatic heterocycles. The van der Waals surface area contributed by atoms with E-state index in [1.807, 2.05) is 0 Å². The van der Waals surface area contributed by atoms with Crippen molar-refractivity contribution in [1.82, 2.24) is 0 Å². The minimum atomic E-state index is -4.19. The number of alkyl halides is 3. The summed E-state index contributed by atoms with van der Waals surface area (Å²) < 4.78 is 34.3. The van der Waals surface area contributed by atoms with Crippen molar-refractivity contribution < 1.29 is 13.2 Å². The van der Waals surface area contributed by atoms with Crippen molar-refractivity contribution in [2.45, 2.75) is 20.0 Å². The third-order valence-corrected chi connectivity index (χ3v) is 0.991. The van der Waals surface area contributed by atoms with E-state index in [0.29, 0.717) is 5.57 Å². The molecule has 0 saturated carbocycles. The fraction of sp³-hybridized carbons (Fsp3) is 0.429. The van der Waals surface area contributed by atoms with Crippen molar-refractivity contribution in [2.24, 2.45) is 0 Å². The van der Waals surface area contributed by atoms with Crippen LogP contribution >= 0.6 is 0 Å². The largest absolute Gasteiger partial charge is 0.409 e. The molecule has 3 heteroatoms. The minimum absolute atomic E-state index is 0.225. The highest BCUT2D eigenvalue weighted by Gasteiger charge is 2.21. The summed E-state index contributed by atoms with van der Waals surface area (Å²) in [5.41, 5.74) is 0.609. The molecule has 10 heavy (non-hydrogen) atoms. The van der Waals surface area contributed by atoms with E-state index in [4.69, 9.17) is 0 Å². The van der Waals surface area contributed by atoms with Gasteiger partial charge >= 0.3 is 6.18 Å². The number of hydrogen-bond acceptors (Lipinski definition) is 0. The smallest absolute Gasteiger partial charge is 0.167 e. The third kappa shape index (κ3) is 5.41. The Labute approximate surface area is 58.0 Å². The average Bonchev–Trinajstić information content (AvgIpc) is 1.81. The highest BCUT2D eigenvalue weighted by Crippen LogP contribution is 2.16. The number of allylic oxidation sites excluding steroid dienone is 4. The van der Waals surface area contributed by atoms with Crippen LogP contribution in [0.4, 0.5) is 13.2 Å². The van der Waals surface area contributed by atoms with Crippen LogP contribution in [0.3, 0.4) is 0 Å². The van der Waals surface area contributed by atoms with Crippen LogP contribution < -0.4 is 0 Å². The van der Waals surface area contributed by atoms with Gasteiger partial charge in [-0.1, -0.05) is 17.7 Å². The molecule has 0 unspecified atom stereocenters. The van der Waals surface area contributed by atoms with Gasteiger partial charge in [0.25, 0.3) is 0 Å². The van der Waals surface area contributed by atoms with Gasteiger partial charge < -0.3 is 0 Å². The Morgan fingerprint density at radius 2 is 1.80 bits per heavy atom. The van der Waals surface area contributed by atoms with Crippen LogP contribution in [0.2, 0.25) is 0 Å². The van der Waals surface area contributed by atoms with E-state index in [1.165, 1.54) is 0 Å². The Hall–Kier alpha value is -0.730. The summed E-state index contributed by atoms with van der Waals surface area (Å²) in [6.45, 7) is 3.30. The second-order valence-electron chi connectivity index (χ2n) is 1.91. The van der Waals surface area contributed by atoms with Gasteiger partial charge in [0.1, 0.15) is 0 Å². The zero-order valence-corrected chi connectivity index (χ0v) is 5.87. The second-order valence-corrected chi connectivity index (χ2v) is 1.91. The Kier molecular flexibility index (Phi) is 3.19. The first-order chi connectivity index (χ1) is 4.45. The molecule has 0 spiro atoms. The SMILES string of the molecule is C/C=C(C)/C=C/C(F)(F)F. The van der Waals surface area contributed by atoms with Crippen molar-refractivity contribution in [2.75, 3.05) is 0 Å². The summed E-state index contributed by atoms with van der Waals surface area (Å²) in [4.78, 5) is 0. The van der Waals surface area contributed by atoms with Gasteiger partial charge in [0, 0.05) is 6.08 Å². The lowest BCUT2D eigenvalue weighted by molar-refractivity contribution is -0.0798. The van der Waals surface area contributed by atoms with Gasteiger partial charge in [-0.3, -0.25) is 0 Å². The van der Waals surface area contributed by atoms with Gasteiger partial charge in [-0.2, -0.15) is 13.2 Å². The lowest BCUT2D eigenvalue weighted by Gasteiger charge is -1.96. The predicted octanol–water partition coefficient (Wildman–Crippen LogP) is 3.07. The Morgan fingerprint density at radius 3 is 2.10 bits per heavy atom. The van der Waals surface area contributed by atoms with Crippen LogP contribution in [0.5, 0.6) is 0 Å². The summed E-state index contributed by atoms with van der Waals surface area (Å²) in [7, 11) is 0. The molecule has 0 amide bonds. The molecule has 0 aromatic rings. The van der Waals surface area contributed by atoms with Gasteiger partial charge in [-0.15, -0.1) is 0 Å². The molecule has 0 aliphatic rings. The zero-order chi connectivity index (χ0) is 8.20. The van der Waals surface area contributed by atoms with Crippen LogP contribution in [0.1, 0.15) is 13.8 Å². The molecule has 0 saturated heterocycles. The first-order valence-corrected chi connectivity index (χ1v) is 2.84. The highest BCUT2D eigenvalue weighted by molar-refractivity contribution is 5.15. The monoisotopic (exact) mass is 150 g/mol. The van der Waals surface area contributed by atoms with Crippen LogP contribution in [0.25, 0.3) is 0 Å². The summed E-state index contributed by atoms with van der Waals surface area (Å²) in [6, 6.07) is 0. The van der Waals surface area contributed by atoms with E-state index in [0.717, 1.165) is 6.08 Å². The van der Waals surface area contributed by atoms with Crippen molar-refractivity contribution in [1.29, 1.82) is 0 Å². The second kappa shape index (κ2) is 3.44. The maximum atomic E-state index is 11.4. The average molecular weight is 150 g/mol. The van der Waals surface area contributed by atoms with E-state index < -0.39 is 6.18 Å². The molecule has 58 valence electrons. The normalized spacial score (nSPS) is 14.7. The summed E-state index contributed by atoms with van der Waals surface area (Å²) in [5.74, 6) is 0. The topological polar surface area (TPSA) is 0 Å². The number of halogens is 3. The Bertz CT molecular complexity index is 151. The molecule has 0 heterocycles. The molecule has 0 rings (SSSR count). The fourth-order valence-electron chi connectivity index (χ4n) is 0.322. The Balaban J connectivity index is 4.01. The van der Waals surface area contributed by atoms with Gasteiger partial charge in [-0.25, -0.2) is 0 Å². The summed E-state index contributed by atoms with van der Waals surface area (Å²) in [5, 5.41) is 0. The van der Waals surface area contributed by atoms with E-state index in [1.54, 1.807) is 19.9 Å². The number of hydrogen-bond donors (Lipinski definition) is 0. The molecule has 0 nitrogen and oxygen atoms in total. The molecule has 0 aromatic heterocycles. The summed E-state index contributed by atoms with van der Waals surface area (Å²) in [6.07, 6.45) is -1.31. The van der Waals surface area contributed by atoms with E-state index in [9.17, 15) is 13.2 Å². The number of rotatable bonds is 1. The molecule has 0 N–H and O–H groups in total. The maximum Gasteiger partial charge on any atom is 0.409 e. The lowest BCUT2D eigenvalue weighted by Crippen LogP contribution is -2.00. The Morgan fingerprint density at radius 1 is 1.30 bits per heavy atom. The van der Waals surface area contributed by atoms with Crippen molar-refractivity contribution >= 4 is 0 Å². The van der Waals surface area contributed by atoms with Crippen molar-refractivity contribution in [3.05, 3.63) is 23.8 Å². The van der Waals surface area contributed by atoms with Crippen LogP contribution in [-0.2, 0) is 0 Å². The first-order valence-electron chi connectivity index (χ1n) is 2.84.